The molecule has 136 valence electrons. The molecular weight excluding hydrogens is 338 g/mol. The summed E-state index contributed by atoms with van der Waals surface area (Å²) in [6, 6.07) is 14.2. The number of aryl methyl sites for hydroxylation is 1. The maximum Gasteiger partial charge on any atom is 0.337 e. The van der Waals surface area contributed by atoms with Crippen molar-refractivity contribution in [1.29, 1.82) is 0 Å². The summed E-state index contributed by atoms with van der Waals surface area (Å²) in [7, 11) is 3.48. The highest BCUT2D eigenvalue weighted by molar-refractivity contribution is 5.97. The number of rotatable bonds is 4. The molecule has 0 radical (unpaired) electrons. The van der Waals surface area contributed by atoms with Gasteiger partial charge in [0.2, 0.25) is 0 Å². The first-order chi connectivity index (χ1) is 13.2. The molecule has 0 spiro atoms. The second-order valence-electron chi connectivity index (χ2n) is 7.35. The summed E-state index contributed by atoms with van der Waals surface area (Å²) in [6.07, 6.45) is 4.45. The maximum absolute atomic E-state index is 11.9. The summed E-state index contributed by atoms with van der Waals surface area (Å²) in [5.41, 5.74) is 5.01. The van der Waals surface area contributed by atoms with E-state index in [1.54, 1.807) is 0 Å². The van der Waals surface area contributed by atoms with Gasteiger partial charge in [0.1, 0.15) is 5.65 Å². The third-order valence-corrected chi connectivity index (χ3v) is 5.52. The first-order valence-electron chi connectivity index (χ1n) is 9.28. The van der Waals surface area contributed by atoms with E-state index in [1.165, 1.54) is 25.6 Å². The van der Waals surface area contributed by atoms with E-state index < -0.39 is 0 Å². The Bertz CT molecular complexity index is 1180. The van der Waals surface area contributed by atoms with Gasteiger partial charge in [0.05, 0.1) is 24.1 Å². The molecule has 3 aromatic heterocycles. The van der Waals surface area contributed by atoms with Crippen LogP contribution < -0.4 is 0 Å². The minimum atomic E-state index is -0.311. The summed E-state index contributed by atoms with van der Waals surface area (Å²) >= 11 is 0. The van der Waals surface area contributed by atoms with Crippen LogP contribution in [0, 0.1) is 5.92 Å². The predicted octanol–water partition coefficient (Wildman–Crippen LogP) is 4.39. The van der Waals surface area contributed by atoms with Gasteiger partial charge >= 0.3 is 5.97 Å². The first kappa shape index (κ1) is 16.1. The van der Waals surface area contributed by atoms with E-state index in [2.05, 4.69) is 39.4 Å². The van der Waals surface area contributed by atoms with Crippen LogP contribution in [-0.4, -0.2) is 27.2 Å². The Morgan fingerprint density at radius 3 is 2.74 bits per heavy atom. The van der Waals surface area contributed by atoms with Crippen LogP contribution >= 0.6 is 0 Å². The molecule has 0 atom stereocenters. The molecule has 3 heterocycles. The first-order valence-corrected chi connectivity index (χ1v) is 9.28. The standard InChI is InChI=1S/C22H21N3O2/c1-24-18-8-7-16(22(26)27-2)10-17(18)12-19(24)20-11-15-4-3-9-23-21(15)25(20)13-14-5-6-14/h3-4,7-12,14H,5-6,13H2,1-2H3. The number of fused-ring (bicyclic) bond motifs is 2. The average molecular weight is 359 g/mol. The van der Waals surface area contributed by atoms with E-state index in [0.717, 1.165) is 40.1 Å². The van der Waals surface area contributed by atoms with Crippen molar-refractivity contribution in [2.24, 2.45) is 13.0 Å². The smallest absolute Gasteiger partial charge is 0.337 e. The second kappa shape index (κ2) is 5.98. The summed E-state index contributed by atoms with van der Waals surface area (Å²) in [5.74, 6) is 0.441. The Morgan fingerprint density at radius 1 is 1.15 bits per heavy atom. The van der Waals surface area contributed by atoms with Crippen molar-refractivity contribution in [2.45, 2.75) is 19.4 Å². The van der Waals surface area contributed by atoms with Gasteiger partial charge in [0, 0.05) is 36.1 Å². The molecule has 0 amide bonds. The Balaban J connectivity index is 1.70. The SMILES string of the molecule is COC(=O)c1ccc2c(c1)cc(-c1cc3cccnc3n1CC1CC1)n2C. The number of ether oxygens (including phenoxy) is 1. The fourth-order valence-electron chi connectivity index (χ4n) is 3.88. The van der Waals surface area contributed by atoms with Crippen molar-refractivity contribution in [2.75, 3.05) is 7.11 Å². The number of nitrogens with zero attached hydrogens (tertiary/aromatic N) is 3. The lowest BCUT2D eigenvalue weighted by molar-refractivity contribution is 0.0601. The maximum atomic E-state index is 11.9. The van der Waals surface area contributed by atoms with Gasteiger partial charge < -0.3 is 13.9 Å². The zero-order valence-electron chi connectivity index (χ0n) is 15.5. The number of hydrogen-bond donors (Lipinski definition) is 0. The molecule has 27 heavy (non-hydrogen) atoms. The summed E-state index contributed by atoms with van der Waals surface area (Å²) < 4.78 is 9.40. The van der Waals surface area contributed by atoms with E-state index in [4.69, 9.17) is 4.74 Å². The molecular formula is C22H21N3O2. The van der Waals surface area contributed by atoms with Crippen molar-refractivity contribution >= 4 is 27.9 Å². The molecule has 0 aliphatic heterocycles. The predicted molar refractivity (Wildman–Crippen MR) is 106 cm³/mol. The number of esters is 1. The van der Waals surface area contributed by atoms with Crippen LogP contribution in [0.2, 0.25) is 0 Å². The Hall–Kier alpha value is -3.08. The van der Waals surface area contributed by atoms with Gasteiger partial charge in [-0.15, -0.1) is 0 Å². The van der Waals surface area contributed by atoms with Crippen LogP contribution in [0.5, 0.6) is 0 Å². The minimum absolute atomic E-state index is 0.311. The van der Waals surface area contributed by atoms with Crippen molar-refractivity contribution < 1.29 is 9.53 Å². The molecule has 0 unspecified atom stereocenters. The van der Waals surface area contributed by atoms with Crippen LogP contribution in [0.15, 0.2) is 48.7 Å². The lowest BCUT2D eigenvalue weighted by Crippen LogP contribution is -2.04. The van der Waals surface area contributed by atoms with Crippen molar-refractivity contribution in [3.05, 3.63) is 54.2 Å². The molecule has 1 aliphatic rings. The van der Waals surface area contributed by atoms with Gasteiger partial charge in [-0.3, -0.25) is 0 Å². The lowest BCUT2D eigenvalue weighted by atomic mass is 10.1. The summed E-state index contributed by atoms with van der Waals surface area (Å²) in [4.78, 5) is 16.5. The summed E-state index contributed by atoms with van der Waals surface area (Å²) in [5, 5.41) is 2.19. The van der Waals surface area contributed by atoms with Crippen LogP contribution in [-0.2, 0) is 18.3 Å². The number of methoxy groups -OCH3 is 1. The quantitative estimate of drug-likeness (QED) is 0.508. The number of carbonyl (C=O) groups is 1. The zero-order chi connectivity index (χ0) is 18.5. The number of pyridine rings is 1. The molecule has 1 aliphatic carbocycles. The van der Waals surface area contributed by atoms with Crippen LogP contribution in [0.3, 0.4) is 0 Å². The largest absolute Gasteiger partial charge is 0.465 e. The van der Waals surface area contributed by atoms with Gasteiger partial charge in [0.25, 0.3) is 0 Å². The fourth-order valence-corrected chi connectivity index (χ4v) is 3.88. The Morgan fingerprint density at radius 2 is 1.96 bits per heavy atom. The number of hydrogen-bond acceptors (Lipinski definition) is 3. The molecule has 1 aromatic carbocycles. The van der Waals surface area contributed by atoms with E-state index in [1.807, 2.05) is 30.5 Å². The molecule has 1 fully saturated rings. The van der Waals surface area contributed by atoms with E-state index in [9.17, 15) is 4.79 Å². The van der Waals surface area contributed by atoms with Crippen LogP contribution in [0.4, 0.5) is 0 Å². The minimum Gasteiger partial charge on any atom is -0.465 e. The monoisotopic (exact) mass is 359 g/mol. The molecule has 5 heteroatoms. The number of benzene rings is 1. The third kappa shape index (κ3) is 2.62. The Labute approximate surface area is 157 Å². The van der Waals surface area contributed by atoms with E-state index >= 15 is 0 Å². The highest BCUT2D eigenvalue weighted by Gasteiger charge is 2.25. The van der Waals surface area contributed by atoms with Gasteiger partial charge in [-0.25, -0.2) is 9.78 Å². The van der Waals surface area contributed by atoms with Gasteiger partial charge in [0.15, 0.2) is 0 Å². The van der Waals surface area contributed by atoms with Crippen molar-refractivity contribution in [3.8, 4) is 11.4 Å². The molecule has 0 saturated heterocycles. The van der Waals surface area contributed by atoms with Crippen molar-refractivity contribution in [1.82, 2.24) is 14.1 Å². The van der Waals surface area contributed by atoms with Crippen molar-refractivity contribution in [3.63, 3.8) is 0 Å². The van der Waals surface area contributed by atoms with Crippen LogP contribution in [0.25, 0.3) is 33.3 Å². The van der Waals surface area contributed by atoms with Crippen LogP contribution in [0.1, 0.15) is 23.2 Å². The molecule has 4 aromatic rings. The summed E-state index contributed by atoms with van der Waals surface area (Å²) in [6.45, 7) is 1.00. The molecule has 1 saturated carbocycles. The average Bonchev–Trinajstić information content (AvgIpc) is 3.36. The van der Waals surface area contributed by atoms with Gasteiger partial charge in [-0.2, -0.15) is 0 Å². The number of aromatic nitrogens is 3. The molecule has 5 nitrogen and oxygen atoms in total. The van der Waals surface area contributed by atoms with Gasteiger partial charge in [-0.1, -0.05) is 0 Å². The normalized spacial score (nSPS) is 14.1. The fraction of sp³-hybridized carbons (Fsp3) is 0.273. The molecule has 0 bridgehead atoms. The van der Waals surface area contributed by atoms with Gasteiger partial charge in [-0.05, 0) is 61.2 Å². The topological polar surface area (TPSA) is 49.0 Å². The molecule has 0 N–H and O–H groups in total. The molecule has 5 rings (SSSR count). The zero-order valence-corrected chi connectivity index (χ0v) is 15.5. The third-order valence-electron chi connectivity index (χ3n) is 5.52. The second-order valence-corrected chi connectivity index (χ2v) is 7.35. The van der Waals surface area contributed by atoms with E-state index in [0.29, 0.717) is 5.56 Å². The highest BCUT2D eigenvalue weighted by Crippen LogP contribution is 2.36. The van der Waals surface area contributed by atoms with E-state index in [-0.39, 0.29) is 5.97 Å². The number of carbonyl (C=O) groups excluding carboxylic acids is 1. The lowest BCUT2D eigenvalue weighted by Gasteiger charge is -2.10. The highest BCUT2D eigenvalue weighted by atomic mass is 16.5. The Kier molecular flexibility index (Phi) is 3.57.